The molecular weight excluding hydrogens is 963 g/mol. The maximum Gasteiger partial charge on any atom is 0.253 e. The monoisotopic (exact) mass is 1010 g/mol. The molecule has 4 aliphatic heterocycles. The minimum atomic E-state index is 0.0910. The molecule has 12 rings (SSSR count). The predicted octanol–water partition coefficient (Wildman–Crippen LogP) is 11.5. The Labute approximate surface area is 430 Å². The summed E-state index contributed by atoms with van der Waals surface area (Å²) in [4.78, 5) is 61.6. The van der Waals surface area contributed by atoms with Gasteiger partial charge in [-0.2, -0.15) is 0 Å². The molecule has 2 fully saturated rings. The van der Waals surface area contributed by atoms with Crippen LogP contribution in [-0.4, -0.2) is 95.1 Å². The number of thiazole rings is 2. The van der Waals surface area contributed by atoms with E-state index in [1.165, 1.54) is 53.6 Å². The number of benzene rings is 6. The summed E-state index contributed by atoms with van der Waals surface area (Å²) in [6.07, 6.45) is 4.23. The number of aromatic nitrogens is 2. The number of nitrogens with one attached hydrogen (secondary N) is 1. The highest BCUT2D eigenvalue weighted by atomic mass is 32.2. The number of hydrogen-bond acceptors (Lipinski definition) is 14. The van der Waals surface area contributed by atoms with E-state index in [2.05, 4.69) is 151 Å². The molecule has 0 atom stereocenters. The number of piperazine rings is 2. The Bertz CT molecular complexity index is 3060. The van der Waals surface area contributed by atoms with Crippen molar-refractivity contribution in [3.8, 4) is 0 Å². The van der Waals surface area contributed by atoms with Gasteiger partial charge in [-0.3, -0.25) is 19.3 Å². The minimum Gasteiger partial charge on any atom is -0.375 e. The summed E-state index contributed by atoms with van der Waals surface area (Å²) in [6, 6.07) is 49.9. The van der Waals surface area contributed by atoms with Gasteiger partial charge in [-0.15, -0.1) is 22.7 Å². The SMILES string of the molecule is Cc1ncc(C=O)s1.Nc1ncc(CN2CCN(C(=O)c3ccc(N4c5ccccc5Sc5ccccc54)cc3)CC2)s1.O=C(c1ccc(N2c3ccccc3Sc3ccccc32)cc1)N1CCNCC1. The van der Waals surface area contributed by atoms with Crippen LogP contribution in [0.5, 0.6) is 0 Å². The largest absolute Gasteiger partial charge is 0.375 e. The number of rotatable bonds is 7. The molecule has 3 N–H and O–H groups in total. The summed E-state index contributed by atoms with van der Waals surface area (Å²) >= 11 is 6.53. The van der Waals surface area contributed by atoms with E-state index in [9.17, 15) is 14.4 Å². The molecule has 6 heterocycles. The van der Waals surface area contributed by atoms with Crippen molar-refractivity contribution in [2.45, 2.75) is 33.1 Å². The highest BCUT2D eigenvalue weighted by Gasteiger charge is 2.28. The first-order valence-electron chi connectivity index (χ1n) is 23.4. The second kappa shape index (κ2) is 22.1. The quantitative estimate of drug-likeness (QED) is 0.147. The van der Waals surface area contributed by atoms with Crippen LogP contribution in [0.1, 0.15) is 40.3 Å². The number of anilines is 7. The third-order valence-electron chi connectivity index (χ3n) is 12.4. The van der Waals surface area contributed by atoms with Crippen molar-refractivity contribution in [1.29, 1.82) is 0 Å². The number of nitrogen functional groups attached to an aromatic ring is 1. The molecule has 0 bridgehead atoms. The summed E-state index contributed by atoms with van der Waals surface area (Å²) < 4.78 is 0. The number of amides is 2. The van der Waals surface area contributed by atoms with E-state index < -0.39 is 0 Å². The van der Waals surface area contributed by atoms with E-state index in [-0.39, 0.29) is 11.8 Å². The van der Waals surface area contributed by atoms with Gasteiger partial charge in [0.2, 0.25) is 0 Å². The molecule has 6 aromatic carbocycles. The molecule has 2 amide bonds. The average molecular weight is 1010 g/mol. The molecule has 12 nitrogen and oxygen atoms in total. The molecule has 4 aliphatic rings. The summed E-state index contributed by atoms with van der Waals surface area (Å²) in [5.41, 5.74) is 14.0. The Morgan fingerprint density at radius 2 is 1.00 bits per heavy atom. The third-order valence-corrected chi connectivity index (χ3v) is 16.3. The number of nitrogens with two attached hydrogens (primary N) is 1. The van der Waals surface area contributed by atoms with Crippen molar-refractivity contribution in [2.75, 3.05) is 67.9 Å². The number of aldehydes is 1. The van der Waals surface area contributed by atoms with Crippen molar-refractivity contribution in [1.82, 2.24) is 30.0 Å². The molecular formula is C55H51N9O3S4. The molecule has 2 saturated heterocycles. The molecule has 71 heavy (non-hydrogen) atoms. The number of carbonyl (C=O) groups excluding carboxylic acids is 3. The maximum absolute atomic E-state index is 13.2. The second-order valence-electron chi connectivity index (χ2n) is 17.0. The van der Waals surface area contributed by atoms with E-state index in [4.69, 9.17) is 5.73 Å². The van der Waals surface area contributed by atoms with Crippen molar-refractivity contribution >= 4 is 104 Å². The minimum absolute atomic E-state index is 0.0910. The van der Waals surface area contributed by atoms with Crippen LogP contribution in [0, 0.1) is 6.92 Å². The first-order valence-corrected chi connectivity index (χ1v) is 26.7. The number of fused-ring (bicyclic) bond motifs is 4. The van der Waals surface area contributed by atoms with Gasteiger partial charge in [0.05, 0.1) is 32.6 Å². The zero-order valence-corrected chi connectivity index (χ0v) is 42.3. The standard InChI is InChI=1S/C27H25N5OS2.C23H21N3OS.C5H5NOS/c28-27-29-17-21(34-27)18-30-13-15-31(16-14-30)26(33)19-9-11-20(12-10-19)32-22-5-1-3-7-24(22)35-25-8-4-2-6-23(25)32;27-23(25-15-13-24-14-16-25)17-9-11-18(12-10-17)26-19-5-1-3-7-21(19)28-22-8-4-2-6-20(22)26;1-4-6-2-5(3-7)8-4/h1-12,17H,13-16,18H2,(H2,28,29);1-12,24H,13-16H2;2-3H,1H3. The fourth-order valence-electron chi connectivity index (χ4n) is 8.86. The lowest BCUT2D eigenvalue weighted by molar-refractivity contribution is 0.0629. The molecule has 0 spiro atoms. The topological polar surface area (TPSA) is 131 Å². The molecule has 2 aromatic heterocycles. The van der Waals surface area contributed by atoms with Gasteiger partial charge in [-0.05, 0) is 104 Å². The first kappa shape index (κ1) is 47.9. The fraction of sp³-hybridized carbons (Fsp3) is 0.182. The van der Waals surface area contributed by atoms with Gasteiger partial charge >= 0.3 is 0 Å². The van der Waals surface area contributed by atoms with E-state index >= 15 is 0 Å². The summed E-state index contributed by atoms with van der Waals surface area (Å²) in [6.45, 7) is 9.11. The summed E-state index contributed by atoms with van der Waals surface area (Å²) in [5.74, 6) is 0.205. The lowest BCUT2D eigenvalue weighted by Gasteiger charge is -2.35. The van der Waals surface area contributed by atoms with Gasteiger partial charge in [-0.1, -0.05) is 72.1 Å². The Morgan fingerprint density at radius 1 is 0.563 bits per heavy atom. The van der Waals surface area contributed by atoms with Crippen LogP contribution in [0.2, 0.25) is 0 Å². The number of aryl methyl sites for hydroxylation is 1. The van der Waals surface area contributed by atoms with E-state index in [1.807, 2.05) is 47.2 Å². The molecule has 0 saturated carbocycles. The first-order chi connectivity index (χ1) is 34.8. The Balaban J connectivity index is 0.000000144. The Hall–Kier alpha value is -6.79. The summed E-state index contributed by atoms with van der Waals surface area (Å²) in [5, 5.41) is 4.83. The highest BCUT2D eigenvalue weighted by Crippen LogP contribution is 2.52. The zero-order chi connectivity index (χ0) is 48.7. The summed E-state index contributed by atoms with van der Waals surface area (Å²) in [7, 11) is 0. The maximum atomic E-state index is 13.2. The lowest BCUT2D eigenvalue weighted by atomic mass is 10.1. The van der Waals surface area contributed by atoms with E-state index in [0.29, 0.717) is 10.0 Å². The number of hydrogen-bond donors (Lipinski definition) is 2. The number of nitrogens with zero attached hydrogens (tertiary/aromatic N) is 7. The van der Waals surface area contributed by atoms with E-state index in [1.54, 1.807) is 29.7 Å². The predicted molar refractivity (Wildman–Crippen MR) is 289 cm³/mol. The Morgan fingerprint density at radius 3 is 1.38 bits per heavy atom. The van der Waals surface area contributed by atoms with Crippen LogP contribution < -0.4 is 20.9 Å². The molecule has 0 radical (unpaired) electrons. The van der Waals surface area contributed by atoms with Crippen molar-refractivity contribution in [3.05, 3.63) is 184 Å². The second-order valence-corrected chi connectivity index (χ2v) is 21.6. The number of para-hydroxylation sites is 4. The van der Waals surface area contributed by atoms with Crippen LogP contribution >= 0.6 is 46.2 Å². The van der Waals surface area contributed by atoms with Crippen LogP contribution in [0.3, 0.4) is 0 Å². The van der Waals surface area contributed by atoms with Gasteiger partial charge in [0.15, 0.2) is 11.4 Å². The van der Waals surface area contributed by atoms with Gasteiger partial charge in [0.25, 0.3) is 11.8 Å². The van der Waals surface area contributed by atoms with Crippen LogP contribution in [0.4, 0.5) is 39.3 Å². The molecule has 0 aliphatic carbocycles. The molecule has 8 aromatic rings. The van der Waals surface area contributed by atoms with Crippen LogP contribution in [0.25, 0.3) is 0 Å². The van der Waals surface area contributed by atoms with Gasteiger partial charge < -0.3 is 30.7 Å². The zero-order valence-electron chi connectivity index (χ0n) is 39.0. The van der Waals surface area contributed by atoms with Gasteiger partial charge in [0, 0.05) is 118 Å². The van der Waals surface area contributed by atoms with Crippen molar-refractivity contribution < 1.29 is 14.4 Å². The highest BCUT2D eigenvalue weighted by molar-refractivity contribution is 8.00. The molecule has 358 valence electrons. The lowest BCUT2D eigenvalue weighted by Crippen LogP contribution is -2.48. The van der Waals surface area contributed by atoms with E-state index in [0.717, 1.165) is 109 Å². The van der Waals surface area contributed by atoms with Crippen molar-refractivity contribution in [3.63, 3.8) is 0 Å². The van der Waals surface area contributed by atoms with Crippen LogP contribution in [-0.2, 0) is 6.54 Å². The molecule has 0 unspecified atom stereocenters. The fourth-order valence-corrected chi connectivity index (χ4v) is 12.3. The Kier molecular flexibility index (Phi) is 14.9. The van der Waals surface area contributed by atoms with Gasteiger partial charge in [0.1, 0.15) is 0 Å². The normalized spacial score (nSPS) is 14.9. The van der Waals surface area contributed by atoms with Crippen molar-refractivity contribution in [2.24, 2.45) is 0 Å². The van der Waals surface area contributed by atoms with Gasteiger partial charge in [-0.25, -0.2) is 9.97 Å². The third kappa shape index (κ3) is 10.9. The van der Waals surface area contributed by atoms with Crippen LogP contribution in [0.15, 0.2) is 178 Å². The average Bonchev–Trinajstić information content (AvgIpc) is 4.06. The molecule has 16 heteroatoms. The smallest absolute Gasteiger partial charge is 0.253 e. The number of carbonyl (C=O) groups is 3.